The van der Waals surface area contributed by atoms with Gasteiger partial charge in [-0.25, -0.2) is 4.52 Å². The van der Waals surface area contributed by atoms with Crippen LogP contribution in [0.1, 0.15) is 28.3 Å². The average molecular weight is 265 g/mol. The number of benzene rings is 1. The van der Waals surface area contributed by atoms with Crippen molar-refractivity contribution in [1.29, 1.82) is 0 Å². The molecule has 1 unspecified atom stereocenters. The maximum Gasteiger partial charge on any atom is 0.0712 e. The number of aryl methyl sites for hydroxylation is 2. The van der Waals surface area contributed by atoms with Crippen LogP contribution in [0.2, 0.25) is 0 Å². The highest BCUT2D eigenvalue weighted by atomic mass is 15.2. The Bertz CT molecular complexity index is 723. The fourth-order valence-electron chi connectivity index (χ4n) is 2.86. The van der Waals surface area contributed by atoms with E-state index in [-0.39, 0.29) is 6.04 Å². The van der Waals surface area contributed by atoms with Crippen molar-refractivity contribution in [2.24, 2.45) is 0 Å². The second-order valence-corrected chi connectivity index (χ2v) is 5.27. The largest absolute Gasteiger partial charge is 0.309 e. The van der Waals surface area contributed by atoms with Crippen LogP contribution in [-0.2, 0) is 0 Å². The number of rotatable bonds is 3. The van der Waals surface area contributed by atoms with Crippen LogP contribution < -0.4 is 5.32 Å². The summed E-state index contributed by atoms with van der Waals surface area (Å²) in [4.78, 5) is 0. The summed E-state index contributed by atoms with van der Waals surface area (Å²) in [5.41, 5.74) is 6.21. The lowest BCUT2D eigenvalue weighted by molar-refractivity contribution is 0.695. The lowest BCUT2D eigenvalue weighted by Crippen LogP contribution is -2.17. The molecule has 0 aliphatic rings. The van der Waals surface area contributed by atoms with Gasteiger partial charge in [0.25, 0.3) is 0 Å². The molecule has 20 heavy (non-hydrogen) atoms. The molecule has 3 rings (SSSR count). The summed E-state index contributed by atoms with van der Waals surface area (Å²) in [6.07, 6.45) is 3.93. The molecule has 2 heterocycles. The normalized spacial score (nSPS) is 12.8. The van der Waals surface area contributed by atoms with Gasteiger partial charge in [-0.2, -0.15) is 5.10 Å². The number of hydrogen-bond acceptors (Lipinski definition) is 2. The zero-order valence-corrected chi connectivity index (χ0v) is 12.1. The van der Waals surface area contributed by atoms with Crippen molar-refractivity contribution in [2.45, 2.75) is 19.9 Å². The van der Waals surface area contributed by atoms with Crippen LogP contribution in [0.25, 0.3) is 5.52 Å². The van der Waals surface area contributed by atoms with Crippen molar-refractivity contribution in [3.8, 4) is 0 Å². The Hall–Kier alpha value is -2.13. The minimum atomic E-state index is 0.161. The van der Waals surface area contributed by atoms with E-state index in [9.17, 15) is 0 Å². The lowest BCUT2D eigenvalue weighted by atomic mass is 9.96. The smallest absolute Gasteiger partial charge is 0.0712 e. The summed E-state index contributed by atoms with van der Waals surface area (Å²) in [6.45, 7) is 4.28. The minimum absolute atomic E-state index is 0.161. The summed E-state index contributed by atoms with van der Waals surface area (Å²) >= 11 is 0. The number of hydrogen-bond donors (Lipinski definition) is 1. The van der Waals surface area contributed by atoms with Gasteiger partial charge in [-0.3, -0.25) is 0 Å². The standard InChI is InChI=1S/C17H19N3/c1-12-8-13(2)10-14(9-12)17(18-3)15-11-19-20-7-5-4-6-16(15)20/h4-11,17-18H,1-3H3. The Morgan fingerprint density at radius 2 is 1.85 bits per heavy atom. The minimum Gasteiger partial charge on any atom is -0.309 e. The van der Waals surface area contributed by atoms with E-state index < -0.39 is 0 Å². The molecule has 0 amide bonds. The summed E-state index contributed by atoms with van der Waals surface area (Å²) in [6, 6.07) is 13.0. The third-order valence-corrected chi connectivity index (χ3v) is 3.63. The summed E-state index contributed by atoms with van der Waals surface area (Å²) < 4.78 is 1.92. The predicted molar refractivity (Wildman–Crippen MR) is 82.0 cm³/mol. The van der Waals surface area contributed by atoms with Crippen LogP contribution in [0, 0.1) is 13.8 Å². The van der Waals surface area contributed by atoms with Gasteiger partial charge >= 0.3 is 0 Å². The van der Waals surface area contributed by atoms with Gasteiger partial charge in [0.05, 0.1) is 17.8 Å². The first-order chi connectivity index (χ1) is 9.69. The molecule has 0 aliphatic carbocycles. The molecule has 3 aromatic rings. The van der Waals surface area contributed by atoms with Gasteiger partial charge in [-0.1, -0.05) is 35.4 Å². The Morgan fingerprint density at radius 1 is 1.10 bits per heavy atom. The van der Waals surface area contributed by atoms with E-state index >= 15 is 0 Å². The highest BCUT2D eigenvalue weighted by Gasteiger charge is 2.17. The average Bonchev–Trinajstić information content (AvgIpc) is 2.83. The molecule has 0 aliphatic heterocycles. The third kappa shape index (κ3) is 2.21. The van der Waals surface area contributed by atoms with E-state index in [1.165, 1.54) is 22.3 Å². The number of aromatic nitrogens is 2. The van der Waals surface area contributed by atoms with Crippen molar-refractivity contribution in [3.63, 3.8) is 0 Å². The van der Waals surface area contributed by atoms with E-state index in [1.54, 1.807) is 0 Å². The molecule has 102 valence electrons. The maximum atomic E-state index is 4.43. The molecule has 0 fully saturated rings. The van der Waals surface area contributed by atoms with Crippen LogP contribution in [0.5, 0.6) is 0 Å². The van der Waals surface area contributed by atoms with E-state index in [0.717, 1.165) is 5.52 Å². The van der Waals surface area contributed by atoms with Crippen LogP contribution >= 0.6 is 0 Å². The molecule has 3 nitrogen and oxygen atoms in total. The molecular weight excluding hydrogens is 246 g/mol. The van der Waals surface area contributed by atoms with Gasteiger partial charge in [0.2, 0.25) is 0 Å². The van der Waals surface area contributed by atoms with Gasteiger partial charge in [0.1, 0.15) is 0 Å². The molecule has 0 saturated heterocycles. The molecule has 0 bridgehead atoms. The van der Waals surface area contributed by atoms with Crippen molar-refractivity contribution < 1.29 is 0 Å². The zero-order chi connectivity index (χ0) is 14.1. The van der Waals surface area contributed by atoms with E-state index in [0.29, 0.717) is 0 Å². The number of nitrogens with zero attached hydrogens (tertiary/aromatic N) is 2. The molecule has 0 spiro atoms. The fourth-order valence-corrected chi connectivity index (χ4v) is 2.86. The molecule has 0 radical (unpaired) electrons. The molecular formula is C17H19N3. The Labute approximate surface area is 119 Å². The Balaban J connectivity index is 2.14. The van der Waals surface area contributed by atoms with Crippen LogP contribution in [0.15, 0.2) is 48.8 Å². The summed E-state index contributed by atoms with van der Waals surface area (Å²) in [5, 5.41) is 7.85. The summed E-state index contributed by atoms with van der Waals surface area (Å²) in [7, 11) is 1.99. The highest BCUT2D eigenvalue weighted by Crippen LogP contribution is 2.26. The molecule has 2 aromatic heterocycles. The van der Waals surface area contributed by atoms with Crippen LogP contribution in [0.3, 0.4) is 0 Å². The number of fused-ring (bicyclic) bond motifs is 1. The second-order valence-electron chi connectivity index (χ2n) is 5.27. The zero-order valence-electron chi connectivity index (χ0n) is 12.1. The molecule has 1 atom stereocenters. The van der Waals surface area contributed by atoms with Gasteiger partial charge in [-0.15, -0.1) is 0 Å². The highest BCUT2D eigenvalue weighted by molar-refractivity contribution is 5.57. The van der Waals surface area contributed by atoms with Crippen molar-refractivity contribution in [1.82, 2.24) is 14.9 Å². The number of nitrogens with one attached hydrogen (secondary N) is 1. The Kier molecular flexibility index (Phi) is 3.28. The van der Waals surface area contributed by atoms with Crippen LogP contribution in [-0.4, -0.2) is 16.7 Å². The van der Waals surface area contributed by atoms with E-state index in [1.807, 2.05) is 30.0 Å². The maximum absolute atomic E-state index is 4.43. The van der Waals surface area contributed by atoms with E-state index in [2.05, 4.69) is 54.6 Å². The molecule has 1 aromatic carbocycles. The first-order valence-corrected chi connectivity index (χ1v) is 6.87. The third-order valence-electron chi connectivity index (χ3n) is 3.63. The molecule has 3 heteroatoms. The topological polar surface area (TPSA) is 29.3 Å². The predicted octanol–water partition coefficient (Wildman–Crippen LogP) is 3.26. The SMILES string of the molecule is CNC(c1cc(C)cc(C)c1)c1cnn2ccccc12. The first-order valence-electron chi connectivity index (χ1n) is 6.87. The fraction of sp³-hybridized carbons (Fsp3) is 0.235. The Morgan fingerprint density at radius 3 is 2.55 bits per heavy atom. The monoisotopic (exact) mass is 265 g/mol. The van der Waals surface area contributed by atoms with Crippen LogP contribution in [0.4, 0.5) is 0 Å². The molecule has 1 N–H and O–H groups in total. The van der Waals surface area contributed by atoms with Gasteiger partial charge in [-0.05, 0) is 38.6 Å². The lowest BCUT2D eigenvalue weighted by Gasteiger charge is -2.17. The number of pyridine rings is 1. The quantitative estimate of drug-likeness (QED) is 0.787. The van der Waals surface area contributed by atoms with Gasteiger partial charge in [0.15, 0.2) is 0 Å². The second kappa shape index (κ2) is 5.10. The van der Waals surface area contributed by atoms with Crippen molar-refractivity contribution >= 4 is 5.52 Å². The van der Waals surface area contributed by atoms with Gasteiger partial charge in [0, 0.05) is 11.8 Å². The molecule has 0 saturated carbocycles. The summed E-state index contributed by atoms with van der Waals surface area (Å²) in [5.74, 6) is 0. The van der Waals surface area contributed by atoms with Gasteiger partial charge < -0.3 is 5.32 Å². The van der Waals surface area contributed by atoms with Crippen molar-refractivity contribution in [3.05, 3.63) is 71.0 Å². The van der Waals surface area contributed by atoms with Crippen molar-refractivity contribution in [2.75, 3.05) is 7.05 Å². The first kappa shape index (κ1) is 12.9. The van der Waals surface area contributed by atoms with E-state index in [4.69, 9.17) is 0 Å².